The van der Waals surface area contributed by atoms with Gasteiger partial charge in [-0.15, -0.1) is 0 Å². The van der Waals surface area contributed by atoms with Crippen molar-refractivity contribution in [1.29, 1.82) is 0 Å². The Morgan fingerprint density at radius 3 is 2.23 bits per heavy atom. The van der Waals surface area contributed by atoms with Gasteiger partial charge in [-0.05, 0) is 73.2 Å². The Morgan fingerprint density at radius 1 is 0.860 bits per heavy atom. The molecule has 9 nitrogen and oxygen atoms in total. The third-order valence-corrected chi connectivity index (χ3v) is 7.29. The summed E-state index contributed by atoms with van der Waals surface area (Å²) in [5, 5.41) is 0.524. The molecule has 224 valence electrons. The van der Waals surface area contributed by atoms with E-state index in [-0.39, 0.29) is 40.8 Å². The maximum atomic E-state index is 12.7. The molecule has 0 unspecified atom stereocenters. The minimum absolute atomic E-state index is 0.0635. The van der Waals surface area contributed by atoms with Gasteiger partial charge in [0, 0.05) is 29.2 Å². The van der Waals surface area contributed by atoms with Crippen molar-refractivity contribution in [3.63, 3.8) is 0 Å². The van der Waals surface area contributed by atoms with Crippen molar-refractivity contribution in [2.24, 2.45) is 5.92 Å². The first-order chi connectivity index (χ1) is 20.7. The number of benzene rings is 3. The summed E-state index contributed by atoms with van der Waals surface area (Å²) < 4.78 is 15.8. The lowest BCUT2D eigenvalue weighted by Crippen LogP contribution is -2.27. The molecule has 4 rings (SSSR count). The average Bonchev–Trinajstić information content (AvgIpc) is 3.39. The molecule has 1 aliphatic heterocycles. The van der Waals surface area contributed by atoms with Gasteiger partial charge in [0.2, 0.25) is 5.91 Å². The summed E-state index contributed by atoms with van der Waals surface area (Å²) in [6.45, 7) is 1.99. The number of Topliss-reactive ketones (excluding diaryl/α,β-unsaturated/α-hetero) is 1. The maximum Gasteiger partial charge on any atom is 0.345 e. The fourth-order valence-corrected chi connectivity index (χ4v) is 4.84. The largest absolute Gasteiger partial charge is 0.462 e. The predicted octanol–water partition coefficient (Wildman–Crippen LogP) is 6.34. The molecule has 1 heterocycles. The average molecular weight is 626 g/mol. The Morgan fingerprint density at radius 2 is 1.56 bits per heavy atom. The Bertz CT molecular complexity index is 1500. The molecule has 43 heavy (non-hydrogen) atoms. The highest BCUT2D eigenvalue weighted by Gasteiger charge is 2.36. The number of carbonyl (C=O) groups is 5. The highest BCUT2D eigenvalue weighted by atomic mass is 35.5. The van der Waals surface area contributed by atoms with Gasteiger partial charge >= 0.3 is 17.9 Å². The van der Waals surface area contributed by atoms with Crippen LogP contribution in [-0.4, -0.2) is 49.4 Å². The third-order valence-electron chi connectivity index (χ3n) is 6.74. The molecule has 3 aromatic rings. The molecule has 0 spiro atoms. The van der Waals surface area contributed by atoms with E-state index in [1.54, 1.807) is 24.3 Å². The van der Waals surface area contributed by atoms with Gasteiger partial charge in [-0.3, -0.25) is 14.4 Å². The van der Waals surface area contributed by atoms with E-state index in [0.717, 1.165) is 19.3 Å². The molecular formula is C32H29Cl2NO8. The number of carbonyl (C=O) groups excluding carboxylic acids is 5. The van der Waals surface area contributed by atoms with Crippen molar-refractivity contribution in [1.82, 2.24) is 0 Å². The Balaban J connectivity index is 1.25. The molecule has 0 aliphatic carbocycles. The van der Waals surface area contributed by atoms with Crippen LogP contribution in [0.25, 0.3) is 0 Å². The molecule has 1 aliphatic rings. The summed E-state index contributed by atoms with van der Waals surface area (Å²) in [6.07, 6.45) is 2.75. The summed E-state index contributed by atoms with van der Waals surface area (Å²) in [4.78, 5) is 63.9. The smallest absolute Gasteiger partial charge is 0.345 e. The summed E-state index contributed by atoms with van der Waals surface area (Å²) >= 11 is 11.9. The lowest BCUT2D eigenvalue weighted by atomic mass is 10.1. The third kappa shape index (κ3) is 8.43. The van der Waals surface area contributed by atoms with Crippen LogP contribution in [0.2, 0.25) is 10.0 Å². The van der Waals surface area contributed by atoms with Crippen molar-refractivity contribution in [3.05, 3.63) is 93.5 Å². The van der Waals surface area contributed by atoms with Crippen molar-refractivity contribution in [2.75, 3.05) is 24.7 Å². The van der Waals surface area contributed by atoms with E-state index in [1.165, 1.54) is 47.4 Å². The second kappa shape index (κ2) is 14.8. The van der Waals surface area contributed by atoms with Crippen molar-refractivity contribution < 1.29 is 38.2 Å². The molecule has 0 aromatic heterocycles. The van der Waals surface area contributed by atoms with Crippen LogP contribution in [0.3, 0.4) is 0 Å². The molecule has 1 fully saturated rings. The number of amides is 1. The monoisotopic (exact) mass is 625 g/mol. The van der Waals surface area contributed by atoms with E-state index in [0.29, 0.717) is 22.9 Å². The Hall–Kier alpha value is -4.21. The quantitative estimate of drug-likeness (QED) is 0.0990. The Kier molecular flexibility index (Phi) is 10.9. The second-order valence-corrected chi connectivity index (χ2v) is 10.7. The van der Waals surface area contributed by atoms with Crippen LogP contribution in [0.1, 0.15) is 63.7 Å². The number of unbranched alkanes of at least 4 members (excludes halogenated alkanes) is 2. The van der Waals surface area contributed by atoms with Gasteiger partial charge in [-0.1, -0.05) is 43.0 Å². The molecule has 0 radical (unpaired) electrons. The standard InChI is InChI=1S/C32H29Cl2NO8/c1-2-3-4-15-41-30(38)21-5-10-24(11-6-21)35-18-22(16-29(35)37)31(39)42-19-28(36)20-7-12-25(13-8-20)43-32(40)26-14-9-23(33)17-27(26)34/h5-14,17,22H,2-4,15-16,18-19H2,1H3/t22-/m0/s1. The molecule has 1 amide bonds. The summed E-state index contributed by atoms with van der Waals surface area (Å²) in [5.41, 5.74) is 1.29. The zero-order valence-corrected chi connectivity index (χ0v) is 24.9. The van der Waals surface area contributed by atoms with Gasteiger partial charge in [0.25, 0.3) is 0 Å². The van der Waals surface area contributed by atoms with Gasteiger partial charge in [0.05, 0.1) is 28.7 Å². The molecular weight excluding hydrogens is 597 g/mol. The van der Waals surface area contributed by atoms with E-state index in [2.05, 4.69) is 6.92 Å². The van der Waals surface area contributed by atoms with Crippen LogP contribution >= 0.6 is 23.2 Å². The van der Waals surface area contributed by atoms with Gasteiger partial charge < -0.3 is 19.1 Å². The maximum absolute atomic E-state index is 12.7. The van der Waals surface area contributed by atoms with Crippen molar-refractivity contribution in [3.8, 4) is 5.75 Å². The van der Waals surface area contributed by atoms with Crippen LogP contribution in [-0.2, 0) is 19.1 Å². The van der Waals surface area contributed by atoms with E-state index >= 15 is 0 Å². The lowest BCUT2D eigenvalue weighted by Gasteiger charge is -2.17. The number of hydrogen-bond donors (Lipinski definition) is 0. The first-order valence-corrected chi connectivity index (χ1v) is 14.5. The fraction of sp³-hybridized carbons (Fsp3) is 0.281. The fourth-order valence-electron chi connectivity index (χ4n) is 4.36. The first-order valence-electron chi connectivity index (χ1n) is 13.7. The van der Waals surface area contributed by atoms with E-state index in [1.807, 2.05) is 0 Å². The van der Waals surface area contributed by atoms with E-state index in [4.69, 9.17) is 37.4 Å². The SMILES string of the molecule is CCCCCOC(=O)c1ccc(N2C[C@@H](C(=O)OCC(=O)c3ccc(OC(=O)c4ccc(Cl)cc4Cl)cc3)CC2=O)cc1. The number of esters is 3. The Labute approximate surface area is 258 Å². The van der Waals surface area contributed by atoms with Crippen molar-refractivity contribution >= 4 is 58.5 Å². The number of ketones is 1. The zero-order chi connectivity index (χ0) is 30.9. The number of ether oxygens (including phenoxy) is 3. The van der Waals surface area contributed by atoms with Gasteiger partial charge in [0.15, 0.2) is 12.4 Å². The second-order valence-electron chi connectivity index (χ2n) is 9.86. The van der Waals surface area contributed by atoms with E-state index < -0.39 is 36.2 Å². The topological polar surface area (TPSA) is 116 Å². The molecule has 0 saturated carbocycles. The highest BCUT2D eigenvalue weighted by Crippen LogP contribution is 2.27. The van der Waals surface area contributed by atoms with Gasteiger partial charge in [0.1, 0.15) is 5.75 Å². The molecule has 0 bridgehead atoms. The molecule has 3 aromatic carbocycles. The minimum Gasteiger partial charge on any atom is -0.462 e. The number of anilines is 1. The van der Waals surface area contributed by atoms with Gasteiger partial charge in [-0.2, -0.15) is 0 Å². The van der Waals surface area contributed by atoms with Gasteiger partial charge in [-0.25, -0.2) is 9.59 Å². The number of nitrogens with zero attached hydrogens (tertiary/aromatic N) is 1. The summed E-state index contributed by atoms with van der Waals surface area (Å²) in [6, 6.07) is 16.5. The van der Waals surface area contributed by atoms with Crippen LogP contribution in [0.5, 0.6) is 5.75 Å². The summed E-state index contributed by atoms with van der Waals surface area (Å²) in [5.74, 6) is -3.08. The van der Waals surface area contributed by atoms with Crippen LogP contribution in [0.4, 0.5) is 5.69 Å². The van der Waals surface area contributed by atoms with Crippen LogP contribution in [0.15, 0.2) is 66.7 Å². The number of halogens is 2. The van der Waals surface area contributed by atoms with Crippen LogP contribution in [0, 0.1) is 5.92 Å². The predicted molar refractivity (Wildman–Crippen MR) is 160 cm³/mol. The zero-order valence-electron chi connectivity index (χ0n) is 23.3. The van der Waals surface area contributed by atoms with Crippen LogP contribution < -0.4 is 9.64 Å². The number of rotatable bonds is 12. The molecule has 1 atom stereocenters. The number of hydrogen-bond acceptors (Lipinski definition) is 8. The van der Waals surface area contributed by atoms with E-state index in [9.17, 15) is 24.0 Å². The minimum atomic E-state index is -0.745. The normalized spacial score (nSPS) is 14.3. The molecule has 1 saturated heterocycles. The van der Waals surface area contributed by atoms with Crippen molar-refractivity contribution in [2.45, 2.75) is 32.6 Å². The first kappa shape index (κ1) is 31.7. The molecule has 11 heteroatoms. The highest BCUT2D eigenvalue weighted by molar-refractivity contribution is 6.36. The lowest BCUT2D eigenvalue weighted by molar-refractivity contribution is -0.147. The summed E-state index contributed by atoms with van der Waals surface area (Å²) in [7, 11) is 0. The molecule has 0 N–H and O–H groups in total.